The molecule has 19 heavy (non-hydrogen) atoms. The minimum Gasteiger partial charge on any atom is -0.338 e. The lowest BCUT2D eigenvalue weighted by atomic mass is 10.3. The lowest BCUT2D eigenvalue weighted by Gasteiger charge is -2.05. The molecule has 5 nitrogen and oxygen atoms in total. The van der Waals surface area contributed by atoms with Crippen molar-refractivity contribution in [1.82, 2.24) is 19.5 Å². The van der Waals surface area contributed by atoms with Crippen molar-refractivity contribution < 1.29 is 0 Å². The Kier molecular flexibility index (Phi) is 2.24. The summed E-state index contributed by atoms with van der Waals surface area (Å²) >= 11 is 0. The Labute approximate surface area is 110 Å². The number of fused-ring (bicyclic) bond motifs is 1. The molecule has 2 heterocycles. The van der Waals surface area contributed by atoms with Gasteiger partial charge in [-0.25, -0.2) is 15.0 Å². The summed E-state index contributed by atoms with van der Waals surface area (Å²) in [5.74, 6) is 0.760. The highest BCUT2D eigenvalue weighted by Crippen LogP contribution is 2.37. The van der Waals surface area contributed by atoms with Crippen LogP contribution in [-0.4, -0.2) is 19.5 Å². The van der Waals surface area contributed by atoms with E-state index in [9.17, 15) is 0 Å². The zero-order chi connectivity index (χ0) is 12.7. The lowest BCUT2D eigenvalue weighted by molar-refractivity contribution is 0.756. The normalized spacial score (nSPS) is 14.7. The predicted molar refractivity (Wildman–Crippen MR) is 73.3 cm³/mol. The summed E-state index contributed by atoms with van der Waals surface area (Å²) in [6.07, 6.45) is 5.90. The summed E-state index contributed by atoms with van der Waals surface area (Å²) in [7, 11) is 0. The van der Waals surface area contributed by atoms with E-state index in [1.165, 1.54) is 12.8 Å². The number of hydrogen-bond donors (Lipinski definition) is 1. The Hall–Kier alpha value is -2.43. The number of rotatable bonds is 3. The molecule has 3 aromatic rings. The maximum absolute atomic E-state index is 4.45. The zero-order valence-corrected chi connectivity index (χ0v) is 10.3. The van der Waals surface area contributed by atoms with Gasteiger partial charge in [-0.2, -0.15) is 0 Å². The third-order valence-electron chi connectivity index (χ3n) is 3.34. The molecule has 0 bridgehead atoms. The predicted octanol–water partition coefficient (Wildman–Crippen LogP) is 2.90. The third-order valence-corrected chi connectivity index (χ3v) is 3.34. The maximum Gasteiger partial charge on any atom is 0.165 e. The molecule has 0 amide bonds. The first-order valence-corrected chi connectivity index (χ1v) is 6.41. The van der Waals surface area contributed by atoms with E-state index < -0.39 is 0 Å². The van der Waals surface area contributed by atoms with E-state index in [2.05, 4.69) is 24.8 Å². The first kappa shape index (κ1) is 10.5. The largest absolute Gasteiger partial charge is 0.338 e. The zero-order valence-electron chi connectivity index (χ0n) is 10.3. The molecular weight excluding hydrogens is 238 g/mol. The Bertz CT molecular complexity index is 715. The second kappa shape index (κ2) is 4.05. The van der Waals surface area contributed by atoms with E-state index in [1.807, 2.05) is 36.7 Å². The summed E-state index contributed by atoms with van der Waals surface area (Å²) < 4.78 is 2.15. The Morgan fingerprint density at radius 2 is 1.89 bits per heavy atom. The van der Waals surface area contributed by atoms with Crippen molar-refractivity contribution in [1.29, 1.82) is 0 Å². The molecule has 1 N–H and O–H groups in total. The van der Waals surface area contributed by atoms with Crippen molar-refractivity contribution in [3.05, 3.63) is 43.0 Å². The van der Waals surface area contributed by atoms with Gasteiger partial charge in [-0.15, -0.1) is 0 Å². The molecule has 1 aliphatic rings. The highest BCUT2D eigenvalue weighted by molar-refractivity contribution is 5.85. The number of nitrogens with one attached hydrogen (secondary N) is 1. The molecule has 1 aromatic carbocycles. The number of benzene rings is 1. The number of para-hydroxylation sites is 1. The van der Waals surface area contributed by atoms with Crippen LogP contribution in [-0.2, 0) is 0 Å². The standard InChI is InChI=1S/C14H13N5/c1-2-4-10(5-3-1)18-13-12-14(16-8-15-13)19(9-17-12)11-6-7-11/h1-5,8-9,11H,6-7H2,(H,15,16,18). The van der Waals surface area contributed by atoms with Gasteiger partial charge in [-0.05, 0) is 25.0 Å². The van der Waals surface area contributed by atoms with E-state index in [-0.39, 0.29) is 0 Å². The molecule has 5 heteroatoms. The molecule has 0 unspecified atom stereocenters. The van der Waals surface area contributed by atoms with E-state index >= 15 is 0 Å². The van der Waals surface area contributed by atoms with Crippen LogP contribution in [0.3, 0.4) is 0 Å². The highest BCUT2D eigenvalue weighted by atomic mass is 15.2. The van der Waals surface area contributed by atoms with Crippen LogP contribution in [0.2, 0.25) is 0 Å². The van der Waals surface area contributed by atoms with Crippen molar-refractivity contribution in [2.45, 2.75) is 18.9 Å². The average molecular weight is 251 g/mol. The monoisotopic (exact) mass is 251 g/mol. The number of imidazole rings is 1. The van der Waals surface area contributed by atoms with Crippen LogP contribution in [0.1, 0.15) is 18.9 Å². The van der Waals surface area contributed by atoms with Crippen LogP contribution >= 0.6 is 0 Å². The summed E-state index contributed by atoms with van der Waals surface area (Å²) in [6, 6.07) is 10.6. The molecule has 1 aliphatic carbocycles. The Morgan fingerprint density at radius 3 is 2.68 bits per heavy atom. The molecule has 0 aliphatic heterocycles. The lowest BCUT2D eigenvalue weighted by Crippen LogP contribution is -1.98. The fraction of sp³-hybridized carbons (Fsp3) is 0.214. The van der Waals surface area contributed by atoms with Gasteiger partial charge in [0.15, 0.2) is 17.0 Å². The number of hydrogen-bond acceptors (Lipinski definition) is 4. The highest BCUT2D eigenvalue weighted by Gasteiger charge is 2.26. The van der Waals surface area contributed by atoms with E-state index in [4.69, 9.17) is 0 Å². The second-order valence-electron chi connectivity index (χ2n) is 4.77. The minimum atomic E-state index is 0.574. The quantitative estimate of drug-likeness (QED) is 0.777. The first-order chi connectivity index (χ1) is 9.42. The van der Waals surface area contributed by atoms with Crippen molar-refractivity contribution in [3.8, 4) is 0 Å². The van der Waals surface area contributed by atoms with Gasteiger partial charge >= 0.3 is 0 Å². The van der Waals surface area contributed by atoms with E-state index in [0.29, 0.717) is 6.04 Å². The number of anilines is 2. The molecule has 0 spiro atoms. The second-order valence-corrected chi connectivity index (χ2v) is 4.77. The van der Waals surface area contributed by atoms with Crippen molar-refractivity contribution >= 4 is 22.7 Å². The third kappa shape index (κ3) is 1.83. The van der Waals surface area contributed by atoms with Crippen molar-refractivity contribution in [2.75, 3.05) is 5.32 Å². The van der Waals surface area contributed by atoms with Gasteiger partial charge in [0, 0.05) is 11.7 Å². The molecule has 0 saturated heterocycles. The van der Waals surface area contributed by atoms with Crippen LogP contribution < -0.4 is 5.32 Å². The Morgan fingerprint density at radius 1 is 1.05 bits per heavy atom. The van der Waals surface area contributed by atoms with Crippen LogP contribution in [0.5, 0.6) is 0 Å². The molecule has 4 rings (SSSR count). The van der Waals surface area contributed by atoms with Gasteiger partial charge in [0.05, 0.1) is 6.33 Å². The molecule has 0 radical (unpaired) electrons. The van der Waals surface area contributed by atoms with Crippen LogP contribution in [0.15, 0.2) is 43.0 Å². The topological polar surface area (TPSA) is 55.6 Å². The van der Waals surface area contributed by atoms with Crippen LogP contribution in [0, 0.1) is 0 Å². The Balaban J connectivity index is 1.78. The molecular formula is C14H13N5. The summed E-state index contributed by atoms with van der Waals surface area (Å²) in [4.78, 5) is 13.1. The van der Waals surface area contributed by atoms with Crippen LogP contribution in [0.25, 0.3) is 11.2 Å². The van der Waals surface area contributed by atoms with Gasteiger partial charge < -0.3 is 9.88 Å². The van der Waals surface area contributed by atoms with Gasteiger partial charge in [-0.1, -0.05) is 18.2 Å². The molecule has 1 fully saturated rings. The van der Waals surface area contributed by atoms with Gasteiger partial charge in [0.25, 0.3) is 0 Å². The molecule has 94 valence electrons. The number of nitrogens with zero attached hydrogens (tertiary/aromatic N) is 4. The fourth-order valence-corrected chi connectivity index (χ4v) is 2.22. The smallest absolute Gasteiger partial charge is 0.165 e. The summed E-state index contributed by atoms with van der Waals surface area (Å²) in [5, 5.41) is 3.29. The minimum absolute atomic E-state index is 0.574. The fourth-order valence-electron chi connectivity index (χ4n) is 2.22. The number of aromatic nitrogens is 4. The molecule has 2 aromatic heterocycles. The SMILES string of the molecule is c1ccc(Nc2ncnc3c2ncn3C2CC2)cc1. The van der Waals surface area contributed by atoms with Gasteiger partial charge in [0.2, 0.25) is 0 Å². The van der Waals surface area contributed by atoms with E-state index in [0.717, 1.165) is 22.7 Å². The average Bonchev–Trinajstić information content (AvgIpc) is 3.20. The summed E-state index contributed by atoms with van der Waals surface area (Å²) in [5.41, 5.74) is 2.75. The maximum atomic E-state index is 4.45. The molecule has 1 saturated carbocycles. The van der Waals surface area contributed by atoms with Crippen LogP contribution in [0.4, 0.5) is 11.5 Å². The van der Waals surface area contributed by atoms with E-state index in [1.54, 1.807) is 6.33 Å². The summed E-state index contributed by atoms with van der Waals surface area (Å²) in [6.45, 7) is 0. The van der Waals surface area contributed by atoms with Gasteiger partial charge in [-0.3, -0.25) is 0 Å². The first-order valence-electron chi connectivity index (χ1n) is 6.41. The van der Waals surface area contributed by atoms with Gasteiger partial charge in [0.1, 0.15) is 6.33 Å². The van der Waals surface area contributed by atoms with Crippen molar-refractivity contribution in [3.63, 3.8) is 0 Å². The van der Waals surface area contributed by atoms with Crippen molar-refractivity contribution in [2.24, 2.45) is 0 Å². The molecule has 0 atom stereocenters.